The molecule has 0 bridgehead atoms. The minimum atomic E-state index is 0.724. The quantitative estimate of drug-likeness (QED) is 0.450. The van der Waals surface area contributed by atoms with E-state index in [4.69, 9.17) is 14.4 Å². The van der Waals surface area contributed by atoms with Crippen LogP contribution in [-0.2, 0) is 0 Å². The van der Waals surface area contributed by atoms with Gasteiger partial charge in [0.05, 0.1) is 13.3 Å². The summed E-state index contributed by atoms with van der Waals surface area (Å²) in [6.45, 7) is 0. The Balaban J connectivity index is 2.63. The maximum Gasteiger partial charge on any atom is 0.134 e. The largest absolute Gasteiger partial charge is 0.497 e. The average molecular weight is 191 g/mol. The van der Waals surface area contributed by atoms with Crippen molar-refractivity contribution >= 4 is 17.2 Å². The van der Waals surface area contributed by atoms with Gasteiger partial charge < -0.3 is 14.4 Å². The van der Waals surface area contributed by atoms with E-state index in [1.807, 2.05) is 18.2 Å². The summed E-state index contributed by atoms with van der Waals surface area (Å²) in [5.41, 5.74) is 1.46. The summed E-state index contributed by atoms with van der Waals surface area (Å²) in [4.78, 5) is 0. The highest BCUT2D eigenvalue weighted by atomic mass is 16.5. The second kappa shape index (κ2) is 3.41. The summed E-state index contributed by atoms with van der Waals surface area (Å²) in [5.74, 6) is 0.742. The van der Waals surface area contributed by atoms with Crippen molar-refractivity contribution < 1.29 is 14.4 Å². The Bertz CT molecular complexity index is 473. The van der Waals surface area contributed by atoms with Crippen LogP contribution in [0.3, 0.4) is 0 Å². The number of ether oxygens (including phenoxy) is 1. The molecule has 0 saturated carbocycles. The Hall–Kier alpha value is -1.97. The van der Waals surface area contributed by atoms with Crippen molar-refractivity contribution in [3.05, 3.63) is 30.0 Å². The zero-order valence-corrected chi connectivity index (χ0v) is 7.60. The third-order valence-electron chi connectivity index (χ3n) is 2.01. The van der Waals surface area contributed by atoms with E-state index in [-0.39, 0.29) is 0 Å². The Morgan fingerprint density at radius 2 is 2.36 bits per heavy atom. The normalized spacial score (nSPS) is 11.2. The van der Waals surface area contributed by atoms with Gasteiger partial charge in [-0.2, -0.15) is 0 Å². The zero-order chi connectivity index (χ0) is 9.97. The molecule has 1 aromatic carbocycles. The van der Waals surface area contributed by atoms with E-state index < -0.39 is 0 Å². The van der Waals surface area contributed by atoms with Gasteiger partial charge >= 0.3 is 0 Å². The maximum atomic E-state index is 8.42. The van der Waals surface area contributed by atoms with E-state index in [1.165, 1.54) is 12.5 Å². The van der Waals surface area contributed by atoms with Crippen molar-refractivity contribution in [2.75, 3.05) is 7.11 Å². The number of furan rings is 1. The predicted molar refractivity (Wildman–Crippen MR) is 52.1 cm³/mol. The molecule has 0 unspecified atom stereocenters. The van der Waals surface area contributed by atoms with Crippen LogP contribution in [0.4, 0.5) is 0 Å². The van der Waals surface area contributed by atoms with Crippen molar-refractivity contribution in [1.82, 2.24) is 0 Å². The topological polar surface area (TPSA) is 55.0 Å². The number of methoxy groups -OCH3 is 1. The molecule has 4 nitrogen and oxygen atoms in total. The van der Waals surface area contributed by atoms with Crippen LogP contribution in [0.1, 0.15) is 5.56 Å². The minimum Gasteiger partial charge on any atom is -0.497 e. The first-order valence-electron chi connectivity index (χ1n) is 4.08. The van der Waals surface area contributed by atoms with Crippen molar-refractivity contribution in [1.29, 1.82) is 0 Å². The highest BCUT2D eigenvalue weighted by molar-refractivity contribution is 5.98. The Morgan fingerprint density at radius 1 is 1.50 bits per heavy atom. The lowest BCUT2D eigenvalue weighted by Gasteiger charge is -1.97. The molecule has 0 saturated heterocycles. The van der Waals surface area contributed by atoms with Crippen LogP contribution < -0.4 is 4.74 Å². The van der Waals surface area contributed by atoms with Crippen LogP contribution in [0.15, 0.2) is 34.0 Å². The van der Waals surface area contributed by atoms with Gasteiger partial charge in [-0.05, 0) is 18.2 Å². The second-order valence-electron chi connectivity index (χ2n) is 2.80. The highest BCUT2D eigenvalue weighted by Gasteiger charge is 2.04. The van der Waals surface area contributed by atoms with E-state index in [0.717, 1.165) is 22.3 Å². The molecule has 1 heterocycles. The number of rotatable bonds is 2. The van der Waals surface area contributed by atoms with Gasteiger partial charge in [0.2, 0.25) is 0 Å². The molecular weight excluding hydrogens is 182 g/mol. The standard InChI is InChI=1S/C10H9NO3/c1-13-8-2-3-10-9(4-8)7(5-11-12)6-14-10/h2-6,12H,1H3/b11-5-. The van der Waals surface area contributed by atoms with Crippen molar-refractivity contribution in [3.8, 4) is 5.75 Å². The van der Waals surface area contributed by atoms with Crippen LogP contribution in [0.25, 0.3) is 11.0 Å². The van der Waals surface area contributed by atoms with Gasteiger partial charge in [-0.1, -0.05) is 5.16 Å². The summed E-state index contributed by atoms with van der Waals surface area (Å²) in [6.07, 6.45) is 2.86. The van der Waals surface area contributed by atoms with Crippen LogP contribution >= 0.6 is 0 Å². The fraction of sp³-hybridized carbons (Fsp3) is 0.100. The Morgan fingerprint density at radius 3 is 3.07 bits per heavy atom. The summed E-state index contributed by atoms with van der Waals surface area (Å²) in [5, 5.41) is 12.2. The lowest BCUT2D eigenvalue weighted by Crippen LogP contribution is -1.82. The molecule has 1 N–H and O–H groups in total. The third-order valence-corrected chi connectivity index (χ3v) is 2.01. The molecule has 14 heavy (non-hydrogen) atoms. The maximum absolute atomic E-state index is 8.42. The van der Waals surface area contributed by atoms with Gasteiger partial charge in [0.15, 0.2) is 0 Å². The average Bonchev–Trinajstić information content (AvgIpc) is 2.61. The predicted octanol–water partition coefficient (Wildman–Crippen LogP) is 2.25. The summed E-state index contributed by atoms with van der Waals surface area (Å²) < 4.78 is 10.3. The highest BCUT2D eigenvalue weighted by Crippen LogP contribution is 2.24. The van der Waals surface area contributed by atoms with Gasteiger partial charge in [0, 0.05) is 10.9 Å². The lowest BCUT2D eigenvalue weighted by atomic mass is 10.2. The van der Waals surface area contributed by atoms with E-state index in [2.05, 4.69) is 5.16 Å². The molecule has 72 valence electrons. The number of hydrogen-bond acceptors (Lipinski definition) is 4. The first-order valence-corrected chi connectivity index (χ1v) is 4.08. The van der Waals surface area contributed by atoms with Crippen LogP contribution in [0.2, 0.25) is 0 Å². The number of oxime groups is 1. The van der Waals surface area contributed by atoms with Crippen LogP contribution in [0, 0.1) is 0 Å². The fourth-order valence-corrected chi connectivity index (χ4v) is 1.32. The molecule has 0 amide bonds. The van der Waals surface area contributed by atoms with E-state index in [1.54, 1.807) is 7.11 Å². The number of fused-ring (bicyclic) bond motifs is 1. The summed E-state index contributed by atoms with van der Waals surface area (Å²) in [6, 6.07) is 5.45. The summed E-state index contributed by atoms with van der Waals surface area (Å²) >= 11 is 0. The molecular formula is C10H9NO3. The minimum absolute atomic E-state index is 0.724. The number of nitrogens with zero attached hydrogens (tertiary/aromatic N) is 1. The molecule has 1 aromatic heterocycles. The van der Waals surface area contributed by atoms with Crippen molar-refractivity contribution in [2.24, 2.45) is 5.16 Å². The molecule has 0 aliphatic rings. The van der Waals surface area contributed by atoms with E-state index >= 15 is 0 Å². The molecule has 0 radical (unpaired) electrons. The monoisotopic (exact) mass is 191 g/mol. The molecule has 4 heteroatoms. The van der Waals surface area contributed by atoms with Gasteiger partial charge in [0.1, 0.15) is 17.6 Å². The van der Waals surface area contributed by atoms with Gasteiger partial charge in [-0.25, -0.2) is 0 Å². The van der Waals surface area contributed by atoms with Gasteiger partial charge in [-0.15, -0.1) is 0 Å². The number of hydrogen-bond donors (Lipinski definition) is 1. The molecule has 0 atom stereocenters. The lowest BCUT2D eigenvalue weighted by molar-refractivity contribution is 0.322. The first kappa shape index (κ1) is 8.62. The van der Waals surface area contributed by atoms with Gasteiger partial charge in [0.25, 0.3) is 0 Å². The number of benzene rings is 1. The van der Waals surface area contributed by atoms with Crippen molar-refractivity contribution in [2.45, 2.75) is 0 Å². The Labute approximate surface area is 80.4 Å². The molecule has 0 fully saturated rings. The van der Waals surface area contributed by atoms with Crippen molar-refractivity contribution in [3.63, 3.8) is 0 Å². The smallest absolute Gasteiger partial charge is 0.134 e. The molecule has 0 aliphatic heterocycles. The zero-order valence-electron chi connectivity index (χ0n) is 7.60. The first-order chi connectivity index (χ1) is 6.85. The van der Waals surface area contributed by atoms with E-state index in [9.17, 15) is 0 Å². The van der Waals surface area contributed by atoms with Crippen LogP contribution in [-0.4, -0.2) is 18.5 Å². The molecule has 0 spiro atoms. The molecule has 2 aromatic rings. The van der Waals surface area contributed by atoms with E-state index in [0.29, 0.717) is 0 Å². The summed E-state index contributed by atoms with van der Waals surface area (Å²) in [7, 11) is 1.60. The molecule has 0 aliphatic carbocycles. The third kappa shape index (κ3) is 1.31. The van der Waals surface area contributed by atoms with Crippen LogP contribution in [0.5, 0.6) is 5.75 Å². The fourth-order valence-electron chi connectivity index (χ4n) is 1.32. The Kier molecular flexibility index (Phi) is 2.10. The second-order valence-corrected chi connectivity index (χ2v) is 2.80. The SMILES string of the molecule is COc1ccc2occ(/C=N\O)c2c1. The van der Waals surface area contributed by atoms with Gasteiger partial charge in [-0.3, -0.25) is 0 Å². The molecule has 2 rings (SSSR count).